The molecule has 1 fully saturated rings. The molecule has 0 bridgehead atoms. The van der Waals surface area contributed by atoms with E-state index < -0.39 is 0 Å². The van der Waals surface area contributed by atoms with E-state index in [-0.39, 0.29) is 17.9 Å². The standard InChI is InChI=1S/C23H28N4O2/c1-3-20(28)26-13-8-7-11-19(26)22-24-16(2)18-15-21(29)27(23(18)25-22)14-12-17-9-5-4-6-10-17/h4-6,9-10,19H,3,7-8,11-15H2,1-2H3/t19-/m1/s1. The molecule has 152 valence electrons. The lowest BCUT2D eigenvalue weighted by Gasteiger charge is -2.35. The van der Waals surface area contributed by atoms with Crippen molar-refractivity contribution in [2.45, 2.75) is 58.4 Å². The second-order valence-corrected chi connectivity index (χ2v) is 7.88. The van der Waals surface area contributed by atoms with Crippen LogP contribution in [0.25, 0.3) is 0 Å². The van der Waals surface area contributed by atoms with Crippen LogP contribution in [0, 0.1) is 6.92 Å². The zero-order valence-corrected chi connectivity index (χ0v) is 17.2. The van der Waals surface area contributed by atoms with E-state index in [1.807, 2.05) is 36.9 Å². The number of hydrogen-bond acceptors (Lipinski definition) is 4. The normalized spacial score (nSPS) is 18.8. The lowest BCUT2D eigenvalue weighted by Crippen LogP contribution is -2.39. The van der Waals surface area contributed by atoms with Gasteiger partial charge in [-0.2, -0.15) is 0 Å². The van der Waals surface area contributed by atoms with Gasteiger partial charge in [0.15, 0.2) is 5.82 Å². The van der Waals surface area contributed by atoms with Crippen LogP contribution in [0.4, 0.5) is 5.82 Å². The Kier molecular flexibility index (Phi) is 5.60. The molecule has 0 saturated carbocycles. The van der Waals surface area contributed by atoms with Crippen molar-refractivity contribution in [1.29, 1.82) is 0 Å². The summed E-state index contributed by atoms with van der Waals surface area (Å²) >= 11 is 0. The van der Waals surface area contributed by atoms with Crippen molar-refractivity contribution in [3.63, 3.8) is 0 Å². The number of benzene rings is 1. The third-order valence-corrected chi connectivity index (χ3v) is 5.98. The van der Waals surface area contributed by atoms with Gasteiger partial charge in [0.1, 0.15) is 5.82 Å². The average Bonchev–Trinajstić information content (AvgIpc) is 3.08. The maximum Gasteiger partial charge on any atom is 0.232 e. The monoisotopic (exact) mass is 392 g/mol. The van der Waals surface area contributed by atoms with Gasteiger partial charge in [-0.25, -0.2) is 9.97 Å². The van der Waals surface area contributed by atoms with Gasteiger partial charge in [0.25, 0.3) is 0 Å². The van der Waals surface area contributed by atoms with E-state index in [9.17, 15) is 9.59 Å². The van der Waals surface area contributed by atoms with E-state index in [0.717, 1.165) is 49.3 Å². The molecule has 0 N–H and O–H groups in total. The summed E-state index contributed by atoms with van der Waals surface area (Å²) in [5, 5.41) is 0. The minimum Gasteiger partial charge on any atom is -0.332 e. The largest absolute Gasteiger partial charge is 0.332 e. The van der Waals surface area contributed by atoms with Crippen LogP contribution in [-0.4, -0.2) is 39.8 Å². The molecule has 1 aromatic heterocycles. The molecular formula is C23H28N4O2. The molecule has 0 aliphatic carbocycles. The summed E-state index contributed by atoms with van der Waals surface area (Å²) in [4.78, 5) is 38.5. The van der Waals surface area contributed by atoms with Crippen LogP contribution in [-0.2, 0) is 22.4 Å². The molecule has 2 aliphatic heterocycles. The van der Waals surface area contributed by atoms with Gasteiger partial charge in [-0.15, -0.1) is 0 Å². The Morgan fingerprint density at radius 2 is 1.97 bits per heavy atom. The van der Waals surface area contributed by atoms with E-state index in [1.54, 1.807) is 4.90 Å². The number of anilines is 1. The Morgan fingerprint density at radius 3 is 2.72 bits per heavy atom. The molecular weight excluding hydrogens is 364 g/mol. The van der Waals surface area contributed by atoms with Crippen molar-refractivity contribution in [1.82, 2.24) is 14.9 Å². The van der Waals surface area contributed by atoms with Gasteiger partial charge in [0.05, 0.1) is 12.5 Å². The number of likely N-dealkylation sites (tertiary alicyclic amines) is 1. The van der Waals surface area contributed by atoms with Gasteiger partial charge in [0, 0.05) is 30.8 Å². The number of aryl methyl sites for hydroxylation is 1. The maximum atomic E-state index is 12.7. The Balaban J connectivity index is 1.62. The highest BCUT2D eigenvalue weighted by Gasteiger charge is 2.34. The first-order valence-corrected chi connectivity index (χ1v) is 10.6. The smallest absolute Gasteiger partial charge is 0.232 e. The lowest BCUT2D eigenvalue weighted by molar-refractivity contribution is -0.135. The van der Waals surface area contributed by atoms with Crippen molar-refractivity contribution in [3.05, 3.63) is 53.0 Å². The molecule has 0 spiro atoms. The quantitative estimate of drug-likeness (QED) is 0.782. The molecule has 3 heterocycles. The second kappa shape index (κ2) is 8.31. The van der Waals surface area contributed by atoms with Crippen LogP contribution in [0.5, 0.6) is 0 Å². The van der Waals surface area contributed by atoms with Gasteiger partial charge in [-0.3, -0.25) is 14.5 Å². The van der Waals surface area contributed by atoms with Gasteiger partial charge in [-0.05, 0) is 38.2 Å². The number of nitrogens with zero attached hydrogens (tertiary/aromatic N) is 4. The van der Waals surface area contributed by atoms with Crippen LogP contribution in [0.15, 0.2) is 30.3 Å². The highest BCUT2D eigenvalue weighted by Crippen LogP contribution is 2.34. The molecule has 2 aliphatic rings. The molecule has 6 nitrogen and oxygen atoms in total. The lowest BCUT2D eigenvalue weighted by atomic mass is 10.0. The van der Waals surface area contributed by atoms with Crippen molar-refractivity contribution in [2.75, 3.05) is 18.0 Å². The van der Waals surface area contributed by atoms with Crippen LogP contribution in [0.2, 0.25) is 0 Å². The van der Waals surface area contributed by atoms with Crippen LogP contribution in [0.1, 0.15) is 61.3 Å². The highest BCUT2D eigenvalue weighted by atomic mass is 16.2. The number of fused-ring (bicyclic) bond motifs is 1. The molecule has 0 unspecified atom stereocenters. The van der Waals surface area contributed by atoms with E-state index >= 15 is 0 Å². The van der Waals surface area contributed by atoms with Crippen molar-refractivity contribution < 1.29 is 9.59 Å². The molecule has 4 rings (SSSR count). The molecule has 1 saturated heterocycles. The molecule has 29 heavy (non-hydrogen) atoms. The first kappa shape index (κ1) is 19.6. The minimum atomic E-state index is -0.0909. The number of aromatic nitrogens is 2. The summed E-state index contributed by atoms with van der Waals surface area (Å²) in [6, 6.07) is 10.1. The molecule has 6 heteroatoms. The summed E-state index contributed by atoms with van der Waals surface area (Å²) in [6.45, 7) is 5.21. The molecule has 0 radical (unpaired) electrons. The molecule has 2 amide bonds. The summed E-state index contributed by atoms with van der Waals surface area (Å²) in [5.74, 6) is 1.65. The number of carbonyl (C=O) groups excluding carboxylic acids is 2. The number of carbonyl (C=O) groups is 2. The van der Waals surface area contributed by atoms with Crippen molar-refractivity contribution in [3.8, 4) is 0 Å². The van der Waals surface area contributed by atoms with Crippen molar-refractivity contribution in [2.24, 2.45) is 0 Å². The fraction of sp³-hybridized carbons (Fsp3) is 0.478. The Labute approximate surface area is 172 Å². The van der Waals surface area contributed by atoms with E-state index in [2.05, 4.69) is 12.1 Å². The third kappa shape index (κ3) is 3.88. The zero-order valence-electron chi connectivity index (χ0n) is 17.2. The molecule has 2 aromatic rings. The first-order valence-electron chi connectivity index (χ1n) is 10.6. The fourth-order valence-electron chi connectivity index (χ4n) is 4.36. The summed E-state index contributed by atoms with van der Waals surface area (Å²) in [7, 11) is 0. The number of rotatable bonds is 5. The number of hydrogen-bond donors (Lipinski definition) is 0. The van der Waals surface area contributed by atoms with Gasteiger partial charge >= 0.3 is 0 Å². The minimum absolute atomic E-state index is 0.0793. The number of amides is 2. The first-order chi connectivity index (χ1) is 14.1. The summed E-state index contributed by atoms with van der Waals surface area (Å²) < 4.78 is 0. The van der Waals surface area contributed by atoms with Crippen LogP contribution >= 0.6 is 0 Å². The van der Waals surface area contributed by atoms with Gasteiger partial charge < -0.3 is 4.90 Å². The number of piperidine rings is 1. The Morgan fingerprint density at radius 1 is 1.17 bits per heavy atom. The predicted octanol–water partition coefficient (Wildman–Crippen LogP) is 3.38. The SMILES string of the molecule is CCC(=O)N1CCCC[C@@H]1c1nc(C)c2c(n1)N(CCc1ccccc1)C(=O)C2. The van der Waals surface area contributed by atoms with Crippen LogP contribution < -0.4 is 4.90 Å². The summed E-state index contributed by atoms with van der Waals surface area (Å²) in [6.07, 6.45) is 4.60. The predicted molar refractivity (Wildman–Crippen MR) is 112 cm³/mol. The van der Waals surface area contributed by atoms with E-state index in [1.165, 1.54) is 5.56 Å². The third-order valence-electron chi connectivity index (χ3n) is 5.98. The van der Waals surface area contributed by atoms with E-state index in [4.69, 9.17) is 9.97 Å². The molecule has 1 aromatic carbocycles. The highest BCUT2D eigenvalue weighted by molar-refractivity contribution is 6.00. The zero-order chi connectivity index (χ0) is 20.4. The summed E-state index contributed by atoms with van der Waals surface area (Å²) in [5.41, 5.74) is 2.98. The molecule has 1 atom stereocenters. The van der Waals surface area contributed by atoms with Crippen LogP contribution in [0.3, 0.4) is 0 Å². The topological polar surface area (TPSA) is 66.4 Å². The maximum absolute atomic E-state index is 12.7. The van der Waals surface area contributed by atoms with Gasteiger partial charge in [-0.1, -0.05) is 37.3 Å². The fourth-order valence-corrected chi connectivity index (χ4v) is 4.36. The van der Waals surface area contributed by atoms with E-state index in [0.29, 0.717) is 25.2 Å². The Hall–Kier alpha value is -2.76. The van der Waals surface area contributed by atoms with Crippen molar-refractivity contribution >= 4 is 17.6 Å². The Bertz CT molecular complexity index is 913. The second-order valence-electron chi connectivity index (χ2n) is 7.88. The average molecular weight is 393 g/mol. The van der Waals surface area contributed by atoms with Gasteiger partial charge in [0.2, 0.25) is 11.8 Å².